The van der Waals surface area contributed by atoms with Gasteiger partial charge in [-0.2, -0.15) is 13.2 Å². The number of nitrogens with zero attached hydrogens (tertiary/aromatic N) is 1. The molecule has 2 aromatic rings. The molecule has 1 aliphatic heterocycles. The van der Waals surface area contributed by atoms with Crippen LogP contribution >= 0.6 is 11.3 Å². The Bertz CT molecular complexity index is 600. The second-order valence-corrected chi connectivity index (χ2v) is 6.16. The molecule has 1 aromatic heterocycles. The van der Waals surface area contributed by atoms with Gasteiger partial charge in [-0.25, -0.2) is 0 Å². The maximum absolute atomic E-state index is 12.7. The molecule has 0 unspecified atom stereocenters. The predicted octanol–water partition coefficient (Wildman–Crippen LogP) is 3.33. The van der Waals surface area contributed by atoms with Gasteiger partial charge in [-0.3, -0.25) is 4.90 Å². The monoisotopic (exact) mass is 300 g/mol. The van der Waals surface area contributed by atoms with Crippen molar-refractivity contribution in [2.45, 2.75) is 12.7 Å². The molecule has 0 amide bonds. The van der Waals surface area contributed by atoms with Crippen LogP contribution < -0.4 is 5.32 Å². The summed E-state index contributed by atoms with van der Waals surface area (Å²) in [5.74, 6) is 0. The van der Waals surface area contributed by atoms with E-state index in [9.17, 15) is 13.2 Å². The summed E-state index contributed by atoms with van der Waals surface area (Å²) in [6.07, 6.45) is -4.27. The van der Waals surface area contributed by atoms with Gasteiger partial charge in [0.15, 0.2) is 0 Å². The van der Waals surface area contributed by atoms with Gasteiger partial charge in [0, 0.05) is 42.3 Å². The van der Waals surface area contributed by atoms with E-state index in [0.29, 0.717) is 5.39 Å². The van der Waals surface area contributed by atoms with Gasteiger partial charge in [0.1, 0.15) is 0 Å². The molecule has 1 aliphatic rings. The molecule has 0 spiro atoms. The lowest BCUT2D eigenvalue weighted by Crippen LogP contribution is -2.42. The lowest BCUT2D eigenvalue weighted by atomic mass is 10.1. The Kier molecular flexibility index (Phi) is 3.70. The molecule has 1 fully saturated rings. The summed E-state index contributed by atoms with van der Waals surface area (Å²) in [6, 6.07) is 5.86. The molecule has 1 aromatic carbocycles. The first-order chi connectivity index (χ1) is 9.52. The van der Waals surface area contributed by atoms with Crippen LogP contribution in [0.4, 0.5) is 13.2 Å². The summed E-state index contributed by atoms with van der Waals surface area (Å²) in [5.41, 5.74) is -0.573. The quantitative estimate of drug-likeness (QED) is 0.915. The Morgan fingerprint density at radius 3 is 2.60 bits per heavy atom. The zero-order valence-corrected chi connectivity index (χ0v) is 11.7. The molecule has 1 saturated heterocycles. The molecule has 0 radical (unpaired) electrons. The van der Waals surface area contributed by atoms with Crippen LogP contribution in [0.2, 0.25) is 0 Å². The summed E-state index contributed by atoms with van der Waals surface area (Å²) in [5, 5.41) is 3.98. The molecular weight excluding hydrogens is 285 g/mol. The highest BCUT2D eigenvalue weighted by Crippen LogP contribution is 2.34. The molecule has 1 N–H and O–H groups in total. The predicted molar refractivity (Wildman–Crippen MR) is 75.0 cm³/mol. The number of hydrogen-bond acceptors (Lipinski definition) is 3. The first-order valence-corrected chi connectivity index (χ1v) is 7.37. The Morgan fingerprint density at radius 2 is 1.90 bits per heavy atom. The van der Waals surface area contributed by atoms with Gasteiger partial charge in [-0.1, -0.05) is 0 Å². The normalized spacial score (nSPS) is 17.8. The topological polar surface area (TPSA) is 15.3 Å². The van der Waals surface area contributed by atoms with Crippen molar-refractivity contribution in [3.63, 3.8) is 0 Å². The smallest absolute Gasteiger partial charge is 0.314 e. The third-order valence-electron chi connectivity index (χ3n) is 3.48. The van der Waals surface area contributed by atoms with E-state index in [2.05, 4.69) is 10.2 Å². The summed E-state index contributed by atoms with van der Waals surface area (Å²) in [4.78, 5) is 3.45. The van der Waals surface area contributed by atoms with Crippen molar-refractivity contribution < 1.29 is 13.2 Å². The number of benzene rings is 1. The van der Waals surface area contributed by atoms with Crippen molar-refractivity contribution in [3.05, 3.63) is 34.7 Å². The lowest BCUT2D eigenvalue weighted by Gasteiger charge is -2.26. The van der Waals surface area contributed by atoms with Crippen LogP contribution in [0.25, 0.3) is 10.1 Å². The first kappa shape index (κ1) is 13.9. The molecule has 6 heteroatoms. The largest absolute Gasteiger partial charge is 0.416 e. The van der Waals surface area contributed by atoms with Crippen molar-refractivity contribution in [3.8, 4) is 0 Å². The molecule has 0 atom stereocenters. The van der Waals surface area contributed by atoms with Gasteiger partial charge < -0.3 is 5.32 Å². The summed E-state index contributed by atoms with van der Waals surface area (Å²) in [7, 11) is 0. The minimum Gasteiger partial charge on any atom is -0.314 e. The van der Waals surface area contributed by atoms with Crippen molar-refractivity contribution in [1.29, 1.82) is 0 Å². The average Bonchev–Trinajstić information content (AvgIpc) is 2.80. The molecule has 3 rings (SSSR count). The van der Waals surface area contributed by atoms with Crippen molar-refractivity contribution >= 4 is 21.4 Å². The van der Waals surface area contributed by atoms with E-state index in [-0.39, 0.29) is 0 Å². The fourth-order valence-corrected chi connectivity index (χ4v) is 3.53. The van der Waals surface area contributed by atoms with Gasteiger partial charge in [0.25, 0.3) is 0 Å². The van der Waals surface area contributed by atoms with Gasteiger partial charge in [-0.15, -0.1) is 11.3 Å². The average molecular weight is 300 g/mol. The lowest BCUT2D eigenvalue weighted by molar-refractivity contribution is -0.137. The summed E-state index contributed by atoms with van der Waals surface area (Å²) in [6.45, 7) is 4.75. The van der Waals surface area contributed by atoms with Gasteiger partial charge in [0.2, 0.25) is 0 Å². The molecule has 0 saturated carbocycles. The van der Waals surface area contributed by atoms with Gasteiger partial charge in [0.05, 0.1) is 5.56 Å². The highest BCUT2D eigenvalue weighted by molar-refractivity contribution is 7.19. The fourth-order valence-electron chi connectivity index (χ4n) is 2.44. The van der Waals surface area contributed by atoms with Crippen LogP contribution in [0.1, 0.15) is 10.4 Å². The standard InChI is InChI=1S/C14H15F3N2S/c15-14(16,17)11-1-2-13-10(7-11)8-12(20-13)9-19-5-3-18-4-6-19/h1-2,7-8,18H,3-6,9H2. The van der Waals surface area contributed by atoms with E-state index in [1.54, 1.807) is 17.4 Å². The Morgan fingerprint density at radius 1 is 1.15 bits per heavy atom. The van der Waals surface area contributed by atoms with E-state index in [1.807, 2.05) is 6.07 Å². The van der Waals surface area contributed by atoms with E-state index < -0.39 is 11.7 Å². The van der Waals surface area contributed by atoms with Crippen molar-refractivity contribution in [1.82, 2.24) is 10.2 Å². The number of rotatable bonds is 2. The van der Waals surface area contributed by atoms with Crippen LogP contribution in [-0.4, -0.2) is 31.1 Å². The van der Waals surface area contributed by atoms with Gasteiger partial charge >= 0.3 is 6.18 Å². The maximum atomic E-state index is 12.7. The number of halogens is 3. The minimum atomic E-state index is -4.27. The van der Waals surface area contributed by atoms with Crippen LogP contribution in [0.5, 0.6) is 0 Å². The Labute approximate surface area is 119 Å². The van der Waals surface area contributed by atoms with Crippen LogP contribution in [-0.2, 0) is 12.7 Å². The van der Waals surface area contributed by atoms with E-state index >= 15 is 0 Å². The highest BCUT2D eigenvalue weighted by Gasteiger charge is 2.30. The number of piperazine rings is 1. The van der Waals surface area contributed by atoms with E-state index in [1.165, 1.54) is 6.07 Å². The zero-order chi connectivity index (χ0) is 14.2. The number of fused-ring (bicyclic) bond motifs is 1. The molecule has 0 bridgehead atoms. The third kappa shape index (κ3) is 2.97. The second kappa shape index (κ2) is 5.35. The SMILES string of the molecule is FC(F)(F)c1ccc2sc(CN3CCNCC3)cc2c1. The number of alkyl halides is 3. The number of hydrogen-bond donors (Lipinski definition) is 1. The van der Waals surface area contributed by atoms with E-state index in [4.69, 9.17) is 0 Å². The minimum absolute atomic E-state index is 0.573. The highest BCUT2D eigenvalue weighted by atomic mass is 32.1. The number of thiophene rings is 1. The Balaban J connectivity index is 1.83. The third-order valence-corrected chi connectivity index (χ3v) is 4.58. The molecule has 0 aliphatic carbocycles. The Hall–Kier alpha value is -1.11. The van der Waals surface area contributed by atoms with E-state index in [0.717, 1.165) is 48.4 Å². The molecule has 108 valence electrons. The van der Waals surface area contributed by atoms with Crippen LogP contribution in [0.15, 0.2) is 24.3 Å². The van der Waals surface area contributed by atoms with Crippen LogP contribution in [0.3, 0.4) is 0 Å². The molecular formula is C14H15F3N2S. The molecule has 20 heavy (non-hydrogen) atoms. The molecule has 2 heterocycles. The number of nitrogens with one attached hydrogen (secondary N) is 1. The first-order valence-electron chi connectivity index (χ1n) is 6.55. The summed E-state index contributed by atoms with van der Waals surface area (Å²) < 4.78 is 39.0. The van der Waals surface area contributed by atoms with Gasteiger partial charge in [-0.05, 0) is 29.7 Å². The zero-order valence-electron chi connectivity index (χ0n) is 10.8. The van der Waals surface area contributed by atoms with Crippen molar-refractivity contribution in [2.75, 3.05) is 26.2 Å². The van der Waals surface area contributed by atoms with Crippen LogP contribution in [0, 0.1) is 0 Å². The maximum Gasteiger partial charge on any atom is 0.416 e. The fraction of sp³-hybridized carbons (Fsp3) is 0.429. The van der Waals surface area contributed by atoms with Crippen molar-refractivity contribution in [2.24, 2.45) is 0 Å². The molecule has 2 nitrogen and oxygen atoms in total. The second-order valence-electron chi connectivity index (χ2n) is 4.99. The summed E-state index contributed by atoms with van der Waals surface area (Å²) >= 11 is 1.58.